The minimum Gasteiger partial charge on any atom is -0.382 e. The number of primary amides is 1. The lowest BCUT2D eigenvalue weighted by Crippen LogP contribution is -2.44. The van der Waals surface area contributed by atoms with Crippen LogP contribution < -0.4 is 11.1 Å². The molecular weight excluding hydrogens is 214 g/mol. The first-order valence-electron chi connectivity index (χ1n) is 6.03. The average molecular weight is 233 g/mol. The molecule has 1 aromatic carbocycles. The molecule has 4 nitrogen and oxygen atoms in total. The first-order chi connectivity index (χ1) is 8.15. The van der Waals surface area contributed by atoms with Gasteiger partial charge in [-0.25, -0.2) is 4.79 Å². The maximum Gasteiger partial charge on any atom is 0.314 e. The van der Waals surface area contributed by atoms with Crippen LogP contribution in [0.25, 0.3) is 0 Å². The number of anilines is 1. The number of aryl methyl sites for hydroxylation is 1. The number of benzene rings is 1. The number of carbonyl (C=O) groups excluding carboxylic acids is 1. The molecule has 1 fully saturated rings. The molecule has 0 spiro atoms. The maximum absolute atomic E-state index is 11.0. The predicted octanol–water partition coefficient (Wildman–Crippen LogP) is 1.95. The summed E-state index contributed by atoms with van der Waals surface area (Å²) in [5.74, 6) is 0. The van der Waals surface area contributed by atoms with Gasteiger partial charge in [-0.05, 0) is 37.5 Å². The Labute approximate surface area is 102 Å². The minimum absolute atomic E-state index is 0.306. The topological polar surface area (TPSA) is 58.4 Å². The monoisotopic (exact) mass is 233 g/mol. The van der Waals surface area contributed by atoms with Gasteiger partial charge in [0.1, 0.15) is 0 Å². The van der Waals surface area contributed by atoms with Crippen molar-refractivity contribution in [3.8, 4) is 0 Å². The van der Waals surface area contributed by atoms with E-state index in [4.69, 9.17) is 5.73 Å². The maximum atomic E-state index is 11.0. The Morgan fingerprint density at radius 3 is 2.71 bits per heavy atom. The molecule has 4 heteroatoms. The molecule has 3 N–H and O–H groups in total. The van der Waals surface area contributed by atoms with Crippen LogP contribution in [0.5, 0.6) is 0 Å². The van der Waals surface area contributed by atoms with Crippen LogP contribution >= 0.6 is 0 Å². The van der Waals surface area contributed by atoms with Crippen LogP contribution in [0.3, 0.4) is 0 Å². The second-order valence-corrected chi connectivity index (χ2v) is 4.61. The number of rotatable bonds is 2. The highest BCUT2D eigenvalue weighted by Gasteiger charge is 2.20. The molecule has 1 saturated heterocycles. The molecule has 0 aliphatic carbocycles. The molecule has 2 amide bonds. The fraction of sp³-hybridized carbons (Fsp3) is 0.462. The zero-order valence-corrected chi connectivity index (χ0v) is 10.1. The largest absolute Gasteiger partial charge is 0.382 e. The van der Waals surface area contributed by atoms with E-state index in [0.717, 1.165) is 31.6 Å². The summed E-state index contributed by atoms with van der Waals surface area (Å²) in [6.07, 6.45) is 1.91. The van der Waals surface area contributed by atoms with E-state index < -0.39 is 0 Å². The summed E-state index contributed by atoms with van der Waals surface area (Å²) < 4.78 is 0. The van der Waals surface area contributed by atoms with E-state index in [9.17, 15) is 4.79 Å². The standard InChI is InChI=1S/C13H19N3O/c1-10-3-2-4-12(9-10)15-11-5-7-16(8-6-11)13(14)17/h2-4,9,11,15H,5-8H2,1H3,(H2,14,17). The summed E-state index contributed by atoms with van der Waals surface area (Å²) in [5.41, 5.74) is 7.66. The van der Waals surface area contributed by atoms with Crippen molar-refractivity contribution >= 4 is 11.7 Å². The lowest BCUT2D eigenvalue weighted by atomic mass is 10.0. The van der Waals surface area contributed by atoms with Crippen molar-refractivity contribution in [2.75, 3.05) is 18.4 Å². The Balaban J connectivity index is 1.88. The molecule has 1 aliphatic rings. The van der Waals surface area contributed by atoms with Crippen molar-refractivity contribution in [2.24, 2.45) is 5.73 Å². The molecule has 0 aromatic heterocycles. The number of amides is 2. The van der Waals surface area contributed by atoms with Gasteiger partial charge in [0.15, 0.2) is 0 Å². The van der Waals surface area contributed by atoms with Gasteiger partial charge in [0.25, 0.3) is 0 Å². The molecular formula is C13H19N3O. The first-order valence-corrected chi connectivity index (χ1v) is 6.03. The van der Waals surface area contributed by atoms with Crippen molar-refractivity contribution in [1.29, 1.82) is 0 Å². The highest BCUT2D eigenvalue weighted by atomic mass is 16.2. The molecule has 2 rings (SSSR count). The fourth-order valence-electron chi connectivity index (χ4n) is 2.21. The molecule has 1 aromatic rings. The highest BCUT2D eigenvalue weighted by molar-refractivity contribution is 5.72. The smallest absolute Gasteiger partial charge is 0.314 e. The number of hydrogen-bond donors (Lipinski definition) is 2. The van der Waals surface area contributed by atoms with Crippen LogP contribution in [-0.2, 0) is 0 Å². The van der Waals surface area contributed by atoms with Gasteiger partial charge >= 0.3 is 6.03 Å². The molecule has 0 unspecified atom stereocenters. The second-order valence-electron chi connectivity index (χ2n) is 4.61. The fourth-order valence-corrected chi connectivity index (χ4v) is 2.21. The Hall–Kier alpha value is -1.71. The summed E-state index contributed by atoms with van der Waals surface area (Å²) >= 11 is 0. The lowest BCUT2D eigenvalue weighted by Gasteiger charge is -2.31. The van der Waals surface area contributed by atoms with Crippen molar-refractivity contribution in [3.05, 3.63) is 29.8 Å². The number of nitrogens with zero attached hydrogens (tertiary/aromatic N) is 1. The van der Waals surface area contributed by atoms with E-state index >= 15 is 0 Å². The Morgan fingerprint density at radius 1 is 1.41 bits per heavy atom. The van der Waals surface area contributed by atoms with Gasteiger partial charge in [0.2, 0.25) is 0 Å². The normalized spacial score (nSPS) is 16.9. The van der Waals surface area contributed by atoms with Gasteiger partial charge < -0.3 is 16.0 Å². The van der Waals surface area contributed by atoms with E-state index in [1.807, 2.05) is 0 Å². The van der Waals surface area contributed by atoms with E-state index in [-0.39, 0.29) is 6.03 Å². The zero-order valence-electron chi connectivity index (χ0n) is 10.1. The third-order valence-corrected chi connectivity index (χ3v) is 3.20. The Morgan fingerprint density at radius 2 is 2.12 bits per heavy atom. The van der Waals surface area contributed by atoms with E-state index in [0.29, 0.717) is 6.04 Å². The average Bonchev–Trinajstić information content (AvgIpc) is 2.29. The van der Waals surface area contributed by atoms with Crippen molar-refractivity contribution in [3.63, 3.8) is 0 Å². The second kappa shape index (κ2) is 5.08. The quantitative estimate of drug-likeness (QED) is 0.820. The third-order valence-electron chi connectivity index (χ3n) is 3.20. The van der Waals surface area contributed by atoms with E-state index in [2.05, 4.69) is 36.5 Å². The third kappa shape index (κ3) is 3.12. The highest BCUT2D eigenvalue weighted by Crippen LogP contribution is 2.17. The summed E-state index contributed by atoms with van der Waals surface area (Å²) in [7, 11) is 0. The number of urea groups is 1. The summed E-state index contributed by atoms with van der Waals surface area (Å²) in [4.78, 5) is 12.7. The number of likely N-dealkylation sites (tertiary alicyclic amines) is 1. The zero-order chi connectivity index (χ0) is 12.3. The summed E-state index contributed by atoms with van der Waals surface area (Å²) in [5, 5.41) is 3.50. The van der Waals surface area contributed by atoms with Gasteiger partial charge in [0, 0.05) is 24.8 Å². The molecule has 0 atom stereocenters. The van der Waals surface area contributed by atoms with Crippen LogP contribution in [0.1, 0.15) is 18.4 Å². The van der Waals surface area contributed by atoms with Gasteiger partial charge in [-0.1, -0.05) is 12.1 Å². The lowest BCUT2D eigenvalue weighted by molar-refractivity contribution is 0.193. The van der Waals surface area contributed by atoms with Crippen LogP contribution in [0.15, 0.2) is 24.3 Å². The molecule has 1 heterocycles. The SMILES string of the molecule is Cc1cccc(NC2CCN(C(N)=O)CC2)c1. The Kier molecular flexibility index (Phi) is 3.52. The van der Waals surface area contributed by atoms with Gasteiger partial charge in [0.05, 0.1) is 0 Å². The van der Waals surface area contributed by atoms with Gasteiger partial charge in [-0.15, -0.1) is 0 Å². The molecule has 0 saturated carbocycles. The van der Waals surface area contributed by atoms with Crippen molar-refractivity contribution in [1.82, 2.24) is 4.90 Å². The number of carbonyl (C=O) groups is 1. The molecule has 0 radical (unpaired) electrons. The van der Waals surface area contributed by atoms with Crippen LogP contribution in [0.4, 0.5) is 10.5 Å². The molecule has 1 aliphatic heterocycles. The van der Waals surface area contributed by atoms with Gasteiger partial charge in [-0.3, -0.25) is 0 Å². The van der Waals surface area contributed by atoms with E-state index in [1.165, 1.54) is 5.56 Å². The first kappa shape index (κ1) is 11.8. The number of hydrogen-bond acceptors (Lipinski definition) is 2. The van der Waals surface area contributed by atoms with Gasteiger partial charge in [-0.2, -0.15) is 0 Å². The van der Waals surface area contributed by atoms with Crippen molar-refractivity contribution in [2.45, 2.75) is 25.8 Å². The van der Waals surface area contributed by atoms with E-state index in [1.54, 1.807) is 4.90 Å². The molecule has 92 valence electrons. The van der Waals surface area contributed by atoms with Crippen LogP contribution in [0, 0.1) is 6.92 Å². The minimum atomic E-state index is -0.306. The Bertz CT molecular complexity index is 397. The molecule has 17 heavy (non-hydrogen) atoms. The summed E-state index contributed by atoms with van der Waals surface area (Å²) in [6, 6.07) is 8.48. The molecule has 0 bridgehead atoms. The van der Waals surface area contributed by atoms with Crippen LogP contribution in [0.2, 0.25) is 0 Å². The summed E-state index contributed by atoms with van der Waals surface area (Å²) in [6.45, 7) is 3.58. The van der Waals surface area contributed by atoms with Crippen molar-refractivity contribution < 1.29 is 4.79 Å². The number of piperidine rings is 1. The predicted molar refractivity (Wildman–Crippen MR) is 69.0 cm³/mol. The van der Waals surface area contributed by atoms with Crippen LogP contribution in [-0.4, -0.2) is 30.1 Å². The number of nitrogens with two attached hydrogens (primary N) is 1. The number of nitrogens with one attached hydrogen (secondary N) is 1.